The van der Waals surface area contributed by atoms with Gasteiger partial charge >= 0.3 is 0 Å². The van der Waals surface area contributed by atoms with Crippen LogP contribution < -0.4 is 16.0 Å². The van der Waals surface area contributed by atoms with E-state index in [0.29, 0.717) is 36.6 Å². The molecule has 1 amide bonds. The van der Waals surface area contributed by atoms with Crippen LogP contribution in [0.4, 0.5) is 31.9 Å². The Hall–Kier alpha value is -3.56. The Bertz CT molecular complexity index is 1240. The molecule has 1 unspecified atom stereocenters. The summed E-state index contributed by atoms with van der Waals surface area (Å²) in [5, 5.41) is 8.79. The first-order chi connectivity index (χ1) is 17.8. The molecule has 7 nitrogen and oxygen atoms in total. The van der Waals surface area contributed by atoms with Crippen molar-refractivity contribution in [2.75, 3.05) is 29.7 Å². The van der Waals surface area contributed by atoms with Crippen LogP contribution in [-0.4, -0.2) is 29.6 Å². The number of anilines is 4. The van der Waals surface area contributed by atoms with Crippen LogP contribution in [0, 0.1) is 11.6 Å². The van der Waals surface area contributed by atoms with Gasteiger partial charge in [0.25, 0.3) is 0 Å². The van der Waals surface area contributed by atoms with Crippen LogP contribution in [0.15, 0.2) is 55.3 Å². The second-order valence-corrected chi connectivity index (χ2v) is 8.79. The van der Waals surface area contributed by atoms with E-state index in [9.17, 15) is 13.6 Å². The molecule has 3 rings (SSSR count). The molecule has 37 heavy (non-hydrogen) atoms. The molecule has 3 N–H and O–H groups in total. The summed E-state index contributed by atoms with van der Waals surface area (Å²) in [4.78, 5) is 19.9. The van der Waals surface area contributed by atoms with E-state index < -0.39 is 11.6 Å². The van der Waals surface area contributed by atoms with Crippen LogP contribution in [0.5, 0.6) is 0 Å². The summed E-state index contributed by atoms with van der Waals surface area (Å²) in [6.45, 7) is 6.25. The third kappa shape index (κ3) is 7.96. The lowest BCUT2D eigenvalue weighted by molar-refractivity contribution is -0.111. The Balaban J connectivity index is 1.74. The second-order valence-electron chi connectivity index (χ2n) is 8.38. The molecule has 0 aliphatic carbocycles. The fourth-order valence-electron chi connectivity index (χ4n) is 3.84. The van der Waals surface area contributed by atoms with Gasteiger partial charge in [0.05, 0.1) is 11.9 Å². The molecule has 0 bridgehead atoms. The van der Waals surface area contributed by atoms with Crippen LogP contribution >= 0.6 is 11.6 Å². The maximum absolute atomic E-state index is 15.0. The highest BCUT2D eigenvalue weighted by Gasteiger charge is 2.19. The van der Waals surface area contributed by atoms with Crippen LogP contribution in [0.2, 0.25) is 5.02 Å². The van der Waals surface area contributed by atoms with Crippen molar-refractivity contribution in [1.29, 1.82) is 0 Å². The third-order valence-corrected chi connectivity index (χ3v) is 5.94. The Morgan fingerprint density at radius 2 is 2.03 bits per heavy atom. The zero-order chi connectivity index (χ0) is 26.8. The van der Waals surface area contributed by atoms with E-state index in [-0.39, 0.29) is 28.5 Å². The Morgan fingerprint density at radius 1 is 1.22 bits per heavy atom. The monoisotopic (exact) mass is 529 g/mol. The van der Waals surface area contributed by atoms with Crippen molar-refractivity contribution in [3.63, 3.8) is 0 Å². The summed E-state index contributed by atoms with van der Waals surface area (Å²) < 4.78 is 35.0. The van der Waals surface area contributed by atoms with Crippen LogP contribution in [-0.2, 0) is 16.1 Å². The molecule has 0 saturated carbocycles. The largest absolute Gasteiger partial charge is 0.385 e. The number of nitrogens with one attached hydrogen (secondary N) is 3. The van der Waals surface area contributed by atoms with Crippen molar-refractivity contribution < 1.29 is 18.3 Å². The predicted octanol–water partition coefficient (Wildman–Crippen LogP) is 6.81. The fraction of sp³-hybridized carbons (Fsp3) is 0.296. The lowest BCUT2D eigenvalue weighted by atomic mass is 9.91. The standard InChI is InChI=1S/C27H30ClF2N5O2/c1-4-7-18(10-11-37-3)20-13-23(30)24(14-22(20)29)34-27-32-16-21(28)26(35-27)31-15-17-8-6-9-19(12-17)33-25(36)5-2/h5-6,8-9,12-14,16,18H,2,4,7,10-11,15H2,1,3H3,(H,33,36)(H2,31,32,34,35). The molecule has 196 valence electrons. The summed E-state index contributed by atoms with van der Waals surface area (Å²) in [5.74, 6) is -1.21. The van der Waals surface area contributed by atoms with Gasteiger partial charge in [0.2, 0.25) is 11.9 Å². The summed E-state index contributed by atoms with van der Waals surface area (Å²) >= 11 is 6.24. The summed E-state index contributed by atoms with van der Waals surface area (Å²) in [5.41, 5.74) is 1.71. The molecule has 2 aromatic carbocycles. The quantitative estimate of drug-likeness (QED) is 0.211. The number of hydrogen-bond donors (Lipinski definition) is 3. The lowest BCUT2D eigenvalue weighted by Crippen LogP contribution is -2.09. The van der Waals surface area contributed by atoms with Gasteiger partial charge in [-0.05, 0) is 54.2 Å². The maximum atomic E-state index is 15.0. The van der Waals surface area contributed by atoms with E-state index in [0.717, 1.165) is 24.5 Å². The number of carbonyl (C=O) groups is 1. The SMILES string of the molecule is C=CC(=O)Nc1cccc(CNc2nc(Nc3cc(F)c(C(CCC)CCOC)cc3F)ncc2Cl)c1. The van der Waals surface area contributed by atoms with Crippen molar-refractivity contribution in [3.8, 4) is 0 Å². The number of benzene rings is 2. The number of halogens is 3. The Labute approximate surface area is 220 Å². The Morgan fingerprint density at radius 3 is 2.76 bits per heavy atom. The summed E-state index contributed by atoms with van der Waals surface area (Å²) in [6.07, 6.45) is 4.73. The van der Waals surface area contributed by atoms with E-state index in [1.54, 1.807) is 25.3 Å². The third-order valence-electron chi connectivity index (χ3n) is 5.66. The molecule has 0 saturated heterocycles. The van der Waals surface area contributed by atoms with Crippen molar-refractivity contribution in [3.05, 3.63) is 83.0 Å². The number of carbonyl (C=O) groups excluding carboxylic acids is 1. The topological polar surface area (TPSA) is 88.2 Å². The van der Waals surface area contributed by atoms with E-state index in [4.69, 9.17) is 16.3 Å². The average molecular weight is 530 g/mol. The molecule has 0 spiro atoms. The van der Waals surface area contributed by atoms with Crippen molar-refractivity contribution in [2.24, 2.45) is 0 Å². The molecule has 1 aromatic heterocycles. The van der Waals surface area contributed by atoms with Crippen molar-refractivity contribution in [1.82, 2.24) is 9.97 Å². The number of hydrogen-bond acceptors (Lipinski definition) is 6. The highest BCUT2D eigenvalue weighted by molar-refractivity contribution is 6.32. The smallest absolute Gasteiger partial charge is 0.247 e. The highest BCUT2D eigenvalue weighted by atomic mass is 35.5. The van der Waals surface area contributed by atoms with Crippen LogP contribution in [0.1, 0.15) is 43.2 Å². The Kier molecular flexibility index (Phi) is 10.3. The van der Waals surface area contributed by atoms with E-state index in [1.807, 2.05) is 13.0 Å². The molecule has 1 atom stereocenters. The lowest BCUT2D eigenvalue weighted by Gasteiger charge is -2.18. The number of nitrogens with zero attached hydrogens (tertiary/aromatic N) is 2. The van der Waals surface area contributed by atoms with Gasteiger partial charge in [-0.2, -0.15) is 4.98 Å². The van der Waals surface area contributed by atoms with E-state index >= 15 is 0 Å². The first-order valence-corrected chi connectivity index (χ1v) is 12.3. The van der Waals surface area contributed by atoms with Gasteiger partial charge in [-0.1, -0.05) is 43.7 Å². The van der Waals surface area contributed by atoms with Crippen LogP contribution in [0.25, 0.3) is 0 Å². The molecule has 3 aromatic rings. The average Bonchev–Trinajstić information content (AvgIpc) is 2.89. The van der Waals surface area contributed by atoms with Gasteiger partial charge in [-0.3, -0.25) is 4.79 Å². The number of amides is 1. The molecule has 0 fully saturated rings. The molecule has 0 aliphatic heterocycles. The predicted molar refractivity (Wildman–Crippen MR) is 143 cm³/mol. The molecule has 1 heterocycles. The molecule has 0 aliphatic rings. The first kappa shape index (κ1) is 28.0. The van der Waals surface area contributed by atoms with Gasteiger partial charge < -0.3 is 20.7 Å². The maximum Gasteiger partial charge on any atom is 0.247 e. The zero-order valence-electron chi connectivity index (χ0n) is 20.8. The number of ether oxygens (including phenoxy) is 1. The van der Waals surface area contributed by atoms with Crippen LogP contribution in [0.3, 0.4) is 0 Å². The highest BCUT2D eigenvalue weighted by Crippen LogP contribution is 2.32. The minimum atomic E-state index is -0.610. The molecule has 0 radical (unpaired) electrons. The summed E-state index contributed by atoms with van der Waals surface area (Å²) in [6, 6.07) is 9.55. The molecule has 10 heteroatoms. The van der Waals surface area contributed by atoms with Crippen molar-refractivity contribution >= 4 is 40.6 Å². The zero-order valence-corrected chi connectivity index (χ0v) is 21.5. The van der Waals surface area contributed by atoms with Gasteiger partial charge in [0.1, 0.15) is 16.7 Å². The second kappa shape index (κ2) is 13.7. The van der Waals surface area contributed by atoms with Gasteiger partial charge in [0.15, 0.2) is 5.82 Å². The van der Waals surface area contributed by atoms with Gasteiger partial charge in [-0.15, -0.1) is 0 Å². The van der Waals surface area contributed by atoms with E-state index in [2.05, 4.69) is 32.5 Å². The summed E-state index contributed by atoms with van der Waals surface area (Å²) in [7, 11) is 1.59. The first-order valence-electron chi connectivity index (χ1n) is 11.9. The molecular formula is C27H30ClF2N5O2. The van der Waals surface area contributed by atoms with Gasteiger partial charge in [-0.25, -0.2) is 13.8 Å². The minimum absolute atomic E-state index is 0.0504. The van der Waals surface area contributed by atoms with Crippen molar-refractivity contribution in [2.45, 2.75) is 38.6 Å². The number of rotatable bonds is 13. The number of methoxy groups -OCH3 is 1. The van der Waals surface area contributed by atoms with E-state index in [1.165, 1.54) is 18.3 Å². The number of aromatic nitrogens is 2. The fourth-order valence-corrected chi connectivity index (χ4v) is 4.00. The minimum Gasteiger partial charge on any atom is -0.385 e. The molecular weight excluding hydrogens is 500 g/mol. The van der Waals surface area contributed by atoms with Gasteiger partial charge in [0, 0.05) is 32.0 Å². The normalized spacial score (nSPS) is 11.6.